The number of benzene rings is 1. The topological polar surface area (TPSA) is 21.3 Å². The third kappa shape index (κ3) is 5.54. The van der Waals surface area contributed by atoms with Crippen molar-refractivity contribution in [3.8, 4) is 5.75 Å². The molecular formula is C16H27NO. The van der Waals surface area contributed by atoms with E-state index in [9.17, 15) is 0 Å². The highest BCUT2D eigenvalue weighted by Gasteiger charge is 2.06. The van der Waals surface area contributed by atoms with Crippen LogP contribution in [0.2, 0.25) is 0 Å². The maximum atomic E-state index is 5.17. The largest absolute Gasteiger partial charge is 0.497 e. The molecule has 0 fully saturated rings. The molecule has 2 heteroatoms. The fourth-order valence-corrected chi connectivity index (χ4v) is 2.15. The second-order valence-electron chi connectivity index (χ2n) is 4.86. The minimum Gasteiger partial charge on any atom is -0.497 e. The monoisotopic (exact) mass is 249 g/mol. The Kier molecular flexibility index (Phi) is 7.51. The Hall–Kier alpha value is -1.02. The average Bonchev–Trinajstić information content (AvgIpc) is 2.42. The minimum atomic E-state index is 0.664. The summed E-state index contributed by atoms with van der Waals surface area (Å²) in [5, 5.41) is 3.67. The normalized spacial score (nSPS) is 12.4. The highest BCUT2D eigenvalue weighted by Crippen LogP contribution is 2.12. The van der Waals surface area contributed by atoms with E-state index in [0.29, 0.717) is 6.04 Å². The molecule has 1 unspecified atom stereocenters. The van der Waals surface area contributed by atoms with Gasteiger partial charge < -0.3 is 10.1 Å². The SMILES string of the molecule is CCCCC(CCC)NCc1ccc(OC)cc1. The standard InChI is InChI=1S/C16H27NO/c1-4-6-8-15(7-5-2)17-13-14-9-11-16(18-3)12-10-14/h9-12,15,17H,4-8,13H2,1-3H3. The van der Waals surface area contributed by atoms with Crippen molar-refractivity contribution in [1.29, 1.82) is 0 Å². The number of hydrogen-bond donors (Lipinski definition) is 1. The highest BCUT2D eigenvalue weighted by atomic mass is 16.5. The van der Waals surface area contributed by atoms with Crippen LogP contribution in [0.15, 0.2) is 24.3 Å². The van der Waals surface area contributed by atoms with Gasteiger partial charge in [-0.1, -0.05) is 45.2 Å². The zero-order valence-electron chi connectivity index (χ0n) is 12.0. The average molecular weight is 249 g/mol. The molecule has 0 saturated heterocycles. The number of nitrogens with one attached hydrogen (secondary N) is 1. The zero-order valence-corrected chi connectivity index (χ0v) is 12.0. The zero-order chi connectivity index (χ0) is 13.2. The predicted molar refractivity (Wildman–Crippen MR) is 78.1 cm³/mol. The Morgan fingerprint density at radius 2 is 1.78 bits per heavy atom. The Bertz CT molecular complexity index is 307. The molecule has 1 rings (SSSR count). The highest BCUT2D eigenvalue weighted by molar-refractivity contribution is 5.27. The molecule has 1 aromatic carbocycles. The number of rotatable bonds is 9. The van der Waals surface area contributed by atoms with E-state index in [2.05, 4.69) is 31.3 Å². The van der Waals surface area contributed by atoms with Gasteiger partial charge in [0.25, 0.3) is 0 Å². The van der Waals surface area contributed by atoms with Crippen LogP contribution in [0.4, 0.5) is 0 Å². The Morgan fingerprint density at radius 3 is 2.33 bits per heavy atom. The van der Waals surface area contributed by atoms with Crippen LogP contribution in [0.1, 0.15) is 51.5 Å². The van der Waals surface area contributed by atoms with Gasteiger partial charge >= 0.3 is 0 Å². The van der Waals surface area contributed by atoms with Gasteiger partial charge in [0.15, 0.2) is 0 Å². The van der Waals surface area contributed by atoms with Gasteiger partial charge in [-0.15, -0.1) is 0 Å². The molecule has 0 aliphatic rings. The van der Waals surface area contributed by atoms with Gasteiger partial charge in [0.05, 0.1) is 7.11 Å². The van der Waals surface area contributed by atoms with Crippen molar-refractivity contribution in [3.63, 3.8) is 0 Å². The first-order valence-electron chi connectivity index (χ1n) is 7.16. The van der Waals surface area contributed by atoms with Crippen LogP contribution < -0.4 is 10.1 Å². The van der Waals surface area contributed by atoms with Crippen molar-refractivity contribution in [2.24, 2.45) is 0 Å². The van der Waals surface area contributed by atoms with E-state index in [0.717, 1.165) is 12.3 Å². The van der Waals surface area contributed by atoms with Crippen molar-refractivity contribution < 1.29 is 4.74 Å². The van der Waals surface area contributed by atoms with Gasteiger partial charge in [0, 0.05) is 12.6 Å². The number of unbranched alkanes of at least 4 members (excludes halogenated alkanes) is 1. The van der Waals surface area contributed by atoms with E-state index in [1.54, 1.807) is 7.11 Å². The van der Waals surface area contributed by atoms with E-state index in [1.165, 1.54) is 37.7 Å². The molecule has 0 aromatic heterocycles. The molecule has 0 spiro atoms. The van der Waals surface area contributed by atoms with Gasteiger partial charge in [-0.25, -0.2) is 0 Å². The lowest BCUT2D eigenvalue weighted by Gasteiger charge is -2.18. The Morgan fingerprint density at radius 1 is 1.06 bits per heavy atom. The van der Waals surface area contributed by atoms with Crippen LogP contribution in [-0.4, -0.2) is 13.2 Å². The maximum absolute atomic E-state index is 5.17. The van der Waals surface area contributed by atoms with E-state index in [-0.39, 0.29) is 0 Å². The summed E-state index contributed by atoms with van der Waals surface area (Å²) in [5.41, 5.74) is 1.33. The summed E-state index contributed by atoms with van der Waals surface area (Å²) in [6, 6.07) is 8.98. The molecule has 0 heterocycles. The van der Waals surface area contributed by atoms with E-state index in [4.69, 9.17) is 4.74 Å². The van der Waals surface area contributed by atoms with Crippen LogP contribution >= 0.6 is 0 Å². The molecule has 1 atom stereocenters. The summed E-state index contributed by atoms with van der Waals surface area (Å²) in [4.78, 5) is 0. The van der Waals surface area contributed by atoms with Crippen LogP contribution in [0.5, 0.6) is 5.75 Å². The van der Waals surface area contributed by atoms with Crippen molar-refractivity contribution in [1.82, 2.24) is 5.32 Å². The molecular weight excluding hydrogens is 222 g/mol. The third-order valence-electron chi connectivity index (χ3n) is 3.30. The van der Waals surface area contributed by atoms with Gasteiger partial charge in [0.1, 0.15) is 5.75 Å². The summed E-state index contributed by atoms with van der Waals surface area (Å²) >= 11 is 0. The lowest BCUT2D eigenvalue weighted by Crippen LogP contribution is -2.28. The smallest absolute Gasteiger partial charge is 0.118 e. The first-order valence-corrected chi connectivity index (χ1v) is 7.16. The minimum absolute atomic E-state index is 0.664. The summed E-state index contributed by atoms with van der Waals surface area (Å²) < 4.78 is 5.17. The summed E-state index contributed by atoms with van der Waals surface area (Å²) in [6.07, 6.45) is 6.42. The lowest BCUT2D eigenvalue weighted by atomic mass is 10.0. The van der Waals surface area contributed by atoms with Crippen LogP contribution in [-0.2, 0) is 6.54 Å². The Labute approximate surface area is 112 Å². The molecule has 0 amide bonds. The van der Waals surface area contributed by atoms with Crippen LogP contribution in [0.25, 0.3) is 0 Å². The number of ether oxygens (including phenoxy) is 1. The van der Waals surface area contributed by atoms with Gasteiger partial charge in [0.2, 0.25) is 0 Å². The lowest BCUT2D eigenvalue weighted by molar-refractivity contribution is 0.414. The maximum Gasteiger partial charge on any atom is 0.118 e. The predicted octanol–water partition coefficient (Wildman–Crippen LogP) is 4.14. The second kappa shape index (κ2) is 8.98. The van der Waals surface area contributed by atoms with Crippen LogP contribution in [0.3, 0.4) is 0 Å². The number of methoxy groups -OCH3 is 1. The van der Waals surface area contributed by atoms with Crippen molar-refractivity contribution in [2.75, 3.05) is 7.11 Å². The van der Waals surface area contributed by atoms with Crippen molar-refractivity contribution in [3.05, 3.63) is 29.8 Å². The first-order chi connectivity index (χ1) is 8.80. The van der Waals surface area contributed by atoms with Gasteiger partial charge in [-0.05, 0) is 30.5 Å². The fourth-order valence-electron chi connectivity index (χ4n) is 2.15. The van der Waals surface area contributed by atoms with E-state index < -0.39 is 0 Å². The molecule has 2 nitrogen and oxygen atoms in total. The van der Waals surface area contributed by atoms with Gasteiger partial charge in [-0.3, -0.25) is 0 Å². The molecule has 0 aliphatic heterocycles. The quantitative estimate of drug-likeness (QED) is 0.710. The molecule has 0 bridgehead atoms. The summed E-state index contributed by atoms with van der Waals surface area (Å²) in [6.45, 7) is 5.47. The molecule has 18 heavy (non-hydrogen) atoms. The molecule has 1 N–H and O–H groups in total. The molecule has 0 saturated carbocycles. The molecule has 1 aromatic rings. The fraction of sp³-hybridized carbons (Fsp3) is 0.625. The van der Waals surface area contributed by atoms with E-state index >= 15 is 0 Å². The first kappa shape index (κ1) is 15.0. The number of hydrogen-bond acceptors (Lipinski definition) is 2. The molecule has 0 aliphatic carbocycles. The molecule has 0 radical (unpaired) electrons. The van der Waals surface area contributed by atoms with Crippen LogP contribution in [0, 0.1) is 0 Å². The second-order valence-corrected chi connectivity index (χ2v) is 4.86. The molecule has 102 valence electrons. The summed E-state index contributed by atoms with van der Waals surface area (Å²) in [7, 11) is 1.70. The Balaban J connectivity index is 2.39. The van der Waals surface area contributed by atoms with Gasteiger partial charge in [-0.2, -0.15) is 0 Å². The third-order valence-corrected chi connectivity index (χ3v) is 3.30. The van der Waals surface area contributed by atoms with E-state index in [1.807, 2.05) is 12.1 Å². The van der Waals surface area contributed by atoms with Crippen molar-refractivity contribution in [2.45, 2.75) is 58.5 Å². The summed E-state index contributed by atoms with van der Waals surface area (Å²) in [5.74, 6) is 0.926. The van der Waals surface area contributed by atoms with Crippen molar-refractivity contribution >= 4 is 0 Å².